The molecule has 0 unspecified atom stereocenters. The van der Waals surface area contributed by atoms with E-state index >= 15 is 0 Å². The number of anilines is 2. The first-order valence-electron chi connectivity index (χ1n) is 8.86. The maximum Gasteiger partial charge on any atom is 0.321 e. The number of ether oxygens (including phenoxy) is 2. The minimum atomic E-state index is -0.799. The number of amides is 3. The molecule has 2 N–H and O–H groups in total. The summed E-state index contributed by atoms with van der Waals surface area (Å²) in [5.74, 6) is 0.0773. The van der Waals surface area contributed by atoms with Crippen LogP contribution in [0.25, 0.3) is 0 Å². The van der Waals surface area contributed by atoms with Gasteiger partial charge >= 0.3 is 6.03 Å². The Morgan fingerprint density at radius 2 is 2.04 bits per heavy atom. The largest absolute Gasteiger partial charge is 0.497 e. The van der Waals surface area contributed by atoms with Gasteiger partial charge in [-0.05, 0) is 42.3 Å². The van der Waals surface area contributed by atoms with Gasteiger partial charge in [0, 0.05) is 30.5 Å². The molecule has 0 radical (unpaired) electrons. The number of nitrogens with zero attached hydrogens (tertiary/aromatic N) is 1. The highest BCUT2D eigenvalue weighted by atomic mass is 19.1. The Kier molecular flexibility index (Phi) is 4.33. The third kappa shape index (κ3) is 2.81. The Balaban J connectivity index is 1.54. The maximum absolute atomic E-state index is 13.9. The summed E-state index contributed by atoms with van der Waals surface area (Å²) in [5.41, 5.74) is 1.10. The second-order valence-corrected chi connectivity index (χ2v) is 6.90. The third-order valence-corrected chi connectivity index (χ3v) is 5.38. The number of carbonyl (C=O) groups is 2. The van der Waals surface area contributed by atoms with Crippen LogP contribution < -0.4 is 20.1 Å². The van der Waals surface area contributed by atoms with Gasteiger partial charge in [0.25, 0.3) is 0 Å². The van der Waals surface area contributed by atoms with Gasteiger partial charge in [0.15, 0.2) is 11.6 Å². The molecule has 1 fully saturated rings. The first-order chi connectivity index (χ1) is 13.5. The lowest BCUT2D eigenvalue weighted by Crippen LogP contribution is -2.40. The lowest BCUT2D eigenvalue weighted by molar-refractivity contribution is -0.120. The van der Waals surface area contributed by atoms with E-state index in [0.29, 0.717) is 24.4 Å². The molecule has 4 rings (SSSR count). The van der Waals surface area contributed by atoms with Gasteiger partial charge in [-0.3, -0.25) is 4.79 Å². The van der Waals surface area contributed by atoms with E-state index in [1.807, 2.05) is 12.1 Å². The molecule has 8 heteroatoms. The molecule has 2 aromatic rings. The minimum absolute atomic E-state index is 0.103. The van der Waals surface area contributed by atoms with E-state index in [1.165, 1.54) is 19.2 Å². The summed E-state index contributed by atoms with van der Waals surface area (Å²) >= 11 is 0. The van der Waals surface area contributed by atoms with E-state index in [-0.39, 0.29) is 24.2 Å². The molecular weight excluding hydrogens is 365 g/mol. The molecule has 3 amide bonds. The van der Waals surface area contributed by atoms with Crippen molar-refractivity contribution in [1.82, 2.24) is 4.90 Å². The Morgan fingerprint density at radius 3 is 2.75 bits per heavy atom. The lowest BCUT2D eigenvalue weighted by atomic mass is 9.81. The number of methoxy groups -OCH3 is 2. The van der Waals surface area contributed by atoms with Crippen LogP contribution in [0.15, 0.2) is 36.4 Å². The van der Waals surface area contributed by atoms with Crippen LogP contribution >= 0.6 is 0 Å². The van der Waals surface area contributed by atoms with Gasteiger partial charge in [-0.1, -0.05) is 0 Å². The molecule has 2 aromatic carbocycles. The smallest absolute Gasteiger partial charge is 0.321 e. The van der Waals surface area contributed by atoms with Gasteiger partial charge in [0.05, 0.1) is 19.6 Å². The molecule has 146 valence electrons. The van der Waals surface area contributed by atoms with E-state index in [2.05, 4.69) is 10.6 Å². The number of rotatable bonds is 3. The molecule has 28 heavy (non-hydrogen) atoms. The molecule has 0 aromatic heterocycles. The van der Waals surface area contributed by atoms with Crippen molar-refractivity contribution in [2.75, 3.05) is 37.9 Å². The van der Waals surface area contributed by atoms with E-state index < -0.39 is 11.2 Å². The van der Waals surface area contributed by atoms with Crippen LogP contribution in [0.2, 0.25) is 0 Å². The Morgan fingerprint density at radius 1 is 1.21 bits per heavy atom. The normalized spacial score (nSPS) is 20.1. The first kappa shape index (κ1) is 18.1. The standard InChI is InChI=1S/C20H20FN3O4/c1-27-13-4-5-16-14(10-13)20(18(25)23-16)7-8-24(11-20)19(26)22-12-3-6-17(28-2)15(21)9-12/h3-6,9-10H,7-8,11H2,1-2H3,(H,22,26)(H,23,25)/t20-/m0/s1. The lowest BCUT2D eigenvalue weighted by Gasteiger charge is -2.23. The quantitative estimate of drug-likeness (QED) is 0.851. The summed E-state index contributed by atoms with van der Waals surface area (Å²) in [5, 5.41) is 5.57. The van der Waals surface area contributed by atoms with Gasteiger partial charge in [-0.15, -0.1) is 0 Å². The summed E-state index contributed by atoms with van der Waals surface area (Å²) < 4.78 is 24.0. The second-order valence-electron chi connectivity index (χ2n) is 6.90. The number of benzene rings is 2. The number of fused-ring (bicyclic) bond motifs is 2. The molecule has 1 spiro atoms. The summed E-state index contributed by atoms with van der Waals surface area (Å²) in [7, 11) is 2.95. The molecular formula is C20H20FN3O4. The third-order valence-electron chi connectivity index (χ3n) is 5.38. The Hall–Kier alpha value is -3.29. The maximum atomic E-state index is 13.9. The molecule has 1 saturated heterocycles. The van der Waals surface area contributed by atoms with Gasteiger partial charge in [-0.2, -0.15) is 0 Å². The van der Waals surface area contributed by atoms with Crippen molar-refractivity contribution >= 4 is 23.3 Å². The minimum Gasteiger partial charge on any atom is -0.497 e. The van der Waals surface area contributed by atoms with Crippen LogP contribution in [-0.2, 0) is 10.2 Å². The topological polar surface area (TPSA) is 79.9 Å². The second kappa shape index (κ2) is 6.70. The number of hydrogen-bond acceptors (Lipinski definition) is 4. The van der Waals surface area contributed by atoms with Crippen molar-refractivity contribution in [3.63, 3.8) is 0 Å². The van der Waals surface area contributed by atoms with Gasteiger partial charge in [0.2, 0.25) is 5.91 Å². The van der Waals surface area contributed by atoms with Crippen LogP contribution in [0.4, 0.5) is 20.6 Å². The zero-order valence-corrected chi connectivity index (χ0v) is 15.5. The number of halogens is 1. The zero-order valence-electron chi connectivity index (χ0n) is 15.5. The van der Waals surface area contributed by atoms with Crippen LogP contribution in [0, 0.1) is 5.82 Å². The monoisotopic (exact) mass is 385 g/mol. The van der Waals surface area contributed by atoms with Gasteiger partial charge < -0.3 is 25.0 Å². The van der Waals surface area contributed by atoms with Crippen LogP contribution in [0.5, 0.6) is 11.5 Å². The Labute approximate surface area is 161 Å². The molecule has 0 saturated carbocycles. The molecule has 0 aliphatic carbocycles. The van der Waals surface area contributed by atoms with Crippen LogP contribution in [0.1, 0.15) is 12.0 Å². The highest BCUT2D eigenvalue weighted by Gasteiger charge is 2.52. The number of likely N-dealkylation sites (tertiary alicyclic amines) is 1. The fraction of sp³-hybridized carbons (Fsp3) is 0.300. The predicted molar refractivity (Wildman–Crippen MR) is 101 cm³/mol. The molecule has 2 heterocycles. The van der Waals surface area contributed by atoms with Crippen molar-refractivity contribution < 1.29 is 23.5 Å². The van der Waals surface area contributed by atoms with Crippen LogP contribution in [-0.4, -0.2) is 44.1 Å². The number of nitrogens with one attached hydrogen (secondary N) is 2. The fourth-order valence-electron chi connectivity index (χ4n) is 3.85. The average Bonchev–Trinajstić information content (AvgIpc) is 3.25. The first-order valence-corrected chi connectivity index (χ1v) is 8.86. The molecule has 2 aliphatic heterocycles. The number of carbonyl (C=O) groups excluding carboxylic acids is 2. The SMILES string of the molecule is COc1ccc2c(c1)[C@@]1(CCN(C(=O)Nc3ccc(OC)c(F)c3)C1)C(=O)N2. The molecule has 7 nitrogen and oxygen atoms in total. The highest BCUT2D eigenvalue weighted by Crippen LogP contribution is 2.45. The van der Waals surface area contributed by atoms with E-state index in [1.54, 1.807) is 24.1 Å². The molecule has 2 aliphatic rings. The van der Waals surface area contributed by atoms with Crippen molar-refractivity contribution in [3.05, 3.63) is 47.8 Å². The van der Waals surface area contributed by atoms with Crippen molar-refractivity contribution in [2.45, 2.75) is 11.8 Å². The number of urea groups is 1. The Bertz CT molecular complexity index is 964. The van der Waals surface area contributed by atoms with Gasteiger partial charge in [-0.25, -0.2) is 9.18 Å². The van der Waals surface area contributed by atoms with Crippen molar-refractivity contribution in [1.29, 1.82) is 0 Å². The molecule has 1 atom stereocenters. The summed E-state index contributed by atoms with van der Waals surface area (Å²) in [6, 6.07) is 9.26. The zero-order chi connectivity index (χ0) is 19.9. The number of hydrogen-bond donors (Lipinski definition) is 2. The summed E-state index contributed by atoms with van der Waals surface area (Å²) in [4.78, 5) is 27.0. The fourth-order valence-corrected chi connectivity index (χ4v) is 3.85. The van der Waals surface area contributed by atoms with E-state index in [4.69, 9.17) is 9.47 Å². The average molecular weight is 385 g/mol. The summed E-state index contributed by atoms with van der Waals surface area (Å²) in [6.07, 6.45) is 0.503. The summed E-state index contributed by atoms with van der Waals surface area (Å²) in [6.45, 7) is 0.651. The van der Waals surface area contributed by atoms with Gasteiger partial charge in [0.1, 0.15) is 5.75 Å². The highest BCUT2D eigenvalue weighted by molar-refractivity contribution is 6.07. The van der Waals surface area contributed by atoms with E-state index in [9.17, 15) is 14.0 Å². The van der Waals surface area contributed by atoms with Crippen LogP contribution in [0.3, 0.4) is 0 Å². The van der Waals surface area contributed by atoms with E-state index in [0.717, 1.165) is 11.3 Å². The van der Waals surface area contributed by atoms with Crippen molar-refractivity contribution in [2.24, 2.45) is 0 Å². The van der Waals surface area contributed by atoms with Crippen molar-refractivity contribution in [3.8, 4) is 11.5 Å². The predicted octanol–water partition coefficient (Wildman–Crippen LogP) is 2.97. The molecule has 0 bridgehead atoms.